The lowest BCUT2D eigenvalue weighted by Gasteiger charge is -1.99. The Morgan fingerprint density at radius 2 is 1.88 bits per heavy atom. The third kappa shape index (κ3) is 1.84. The standard InChI is InChI=1S/C10H9NO4S/c1-7-9(8-5-3-2-4-6-8)10(15-11-7)16(12,13)14/h2-6H,1H3,(H,12,13,14). The van der Waals surface area contributed by atoms with E-state index in [4.69, 9.17) is 4.55 Å². The second-order valence-corrected chi connectivity index (χ2v) is 4.59. The summed E-state index contributed by atoms with van der Waals surface area (Å²) in [6.07, 6.45) is 0. The Bertz CT molecular complexity index is 601. The van der Waals surface area contributed by atoms with Gasteiger partial charge in [-0.1, -0.05) is 35.5 Å². The molecule has 0 aliphatic heterocycles. The van der Waals surface area contributed by atoms with Gasteiger partial charge in [0.25, 0.3) is 5.09 Å². The zero-order valence-electron chi connectivity index (χ0n) is 8.41. The van der Waals surface area contributed by atoms with E-state index in [-0.39, 0.29) is 0 Å². The van der Waals surface area contributed by atoms with E-state index in [1.807, 2.05) is 0 Å². The van der Waals surface area contributed by atoms with Gasteiger partial charge in [0.1, 0.15) is 0 Å². The van der Waals surface area contributed by atoms with Crippen LogP contribution in [0.25, 0.3) is 11.1 Å². The summed E-state index contributed by atoms with van der Waals surface area (Å²) in [6, 6.07) is 8.76. The first kappa shape index (κ1) is 10.8. The van der Waals surface area contributed by atoms with Crippen LogP contribution in [0.3, 0.4) is 0 Å². The van der Waals surface area contributed by atoms with Crippen LogP contribution >= 0.6 is 0 Å². The molecule has 5 nitrogen and oxygen atoms in total. The molecule has 6 heteroatoms. The monoisotopic (exact) mass is 239 g/mol. The molecule has 0 saturated heterocycles. The average Bonchev–Trinajstić information content (AvgIpc) is 2.61. The molecule has 1 aromatic heterocycles. The van der Waals surface area contributed by atoms with Crippen LogP contribution in [0.5, 0.6) is 0 Å². The topological polar surface area (TPSA) is 80.4 Å². The Hall–Kier alpha value is -1.66. The van der Waals surface area contributed by atoms with E-state index in [0.29, 0.717) is 16.8 Å². The van der Waals surface area contributed by atoms with Crippen LogP contribution in [0.15, 0.2) is 39.9 Å². The highest BCUT2D eigenvalue weighted by atomic mass is 32.2. The minimum Gasteiger partial charge on any atom is -0.341 e. The van der Waals surface area contributed by atoms with Gasteiger partial charge in [-0.05, 0) is 12.5 Å². The van der Waals surface area contributed by atoms with Crippen molar-refractivity contribution in [3.8, 4) is 11.1 Å². The third-order valence-electron chi connectivity index (χ3n) is 2.13. The molecule has 0 amide bonds. The van der Waals surface area contributed by atoms with E-state index < -0.39 is 15.2 Å². The van der Waals surface area contributed by atoms with Crippen molar-refractivity contribution < 1.29 is 17.5 Å². The Labute approximate surface area is 92.4 Å². The molecule has 0 unspecified atom stereocenters. The molecule has 0 bridgehead atoms. The van der Waals surface area contributed by atoms with Gasteiger partial charge in [0, 0.05) is 0 Å². The molecule has 1 N–H and O–H groups in total. The van der Waals surface area contributed by atoms with Crippen molar-refractivity contribution in [2.45, 2.75) is 12.0 Å². The fourth-order valence-electron chi connectivity index (χ4n) is 1.46. The van der Waals surface area contributed by atoms with Crippen molar-refractivity contribution in [1.82, 2.24) is 5.16 Å². The largest absolute Gasteiger partial charge is 0.341 e. The van der Waals surface area contributed by atoms with Crippen LogP contribution in [-0.4, -0.2) is 18.1 Å². The molecule has 0 aliphatic carbocycles. The molecular weight excluding hydrogens is 230 g/mol. The van der Waals surface area contributed by atoms with Crippen LogP contribution in [0, 0.1) is 6.92 Å². The molecule has 0 aliphatic rings. The van der Waals surface area contributed by atoms with Gasteiger partial charge < -0.3 is 4.52 Å². The second-order valence-electron chi connectivity index (χ2n) is 3.27. The van der Waals surface area contributed by atoms with E-state index in [0.717, 1.165) is 0 Å². The summed E-state index contributed by atoms with van der Waals surface area (Å²) in [5, 5.41) is 3.03. The van der Waals surface area contributed by atoms with Crippen LogP contribution in [0.1, 0.15) is 5.69 Å². The summed E-state index contributed by atoms with van der Waals surface area (Å²) in [4.78, 5) is 0. The predicted molar refractivity (Wildman–Crippen MR) is 56.5 cm³/mol. The Morgan fingerprint density at radius 1 is 1.25 bits per heavy atom. The van der Waals surface area contributed by atoms with Gasteiger partial charge in [0.05, 0.1) is 11.3 Å². The summed E-state index contributed by atoms with van der Waals surface area (Å²) < 4.78 is 35.7. The molecule has 16 heavy (non-hydrogen) atoms. The fraction of sp³-hybridized carbons (Fsp3) is 0.100. The summed E-state index contributed by atoms with van der Waals surface area (Å²) in [7, 11) is -4.39. The molecule has 2 rings (SSSR count). The maximum absolute atomic E-state index is 11.1. The highest BCUT2D eigenvalue weighted by molar-refractivity contribution is 7.85. The van der Waals surface area contributed by atoms with Gasteiger partial charge in [-0.3, -0.25) is 4.55 Å². The van der Waals surface area contributed by atoms with E-state index in [1.165, 1.54) is 0 Å². The lowest BCUT2D eigenvalue weighted by atomic mass is 10.1. The van der Waals surface area contributed by atoms with E-state index in [9.17, 15) is 8.42 Å². The smallest absolute Gasteiger partial charge is 0.331 e. The van der Waals surface area contributed by atoms with Gasteiger partial charge in [-0.25, -0.2) is 0 Å². The second kappa shape index (κ2) is 3.73. The van der Waals surface area contributed by atoms with Crippen molar-refractivity contribution in [3.63, 3.8) is 0 Å². The number of aryl methyl sites for hydroxylation is 1. The van der Waals surface area contributed by atoms with Crippen molar-refractivity contribution in [3.05, 3.63) is 36.0 Å². The molecule has 1 aromatic carbocycles. The van der Waals surface area contributed by atoms with Crippen molar-refractivity contribution in [2.24, 2.45) is 0 Å². The van der Waals surface area contributed by atoms with Gasteiger partial charge in [0.2, 0.25) is 0 Å². The molecule has 0 atom stereocenters. The summed E-state index contributed by atoms with van der Waals surface area (Å²) in [6.45, 7) is 1.61. The average molecular weight is 239 g/mol. The number of benzene rings is 1. The van der Waals surface area contributed by atoms with Gasteiger partial charge in [-0.2, -0.15) is 8.42 Å². The number of nitrogens with zero attached hydrogens (tertiary/aromatic N) is 1. The van der Waals surface area contributed by atoms with Gasteiger partial charge in [0.15, 0.2) is 0 Å². The first-order valence-electron chi connectivity index (χ1n) is 4.49. The molecule has 0 fully saturated rings. The minimum atomic E-state index is -4.39. The summed E-state index contributed by atoms with van der Waals surface area (Å²) >= 11 is 0. The van der Waals surface area contributed by atoms with Crippen LogP contribution < -0.4 is 0 Å². The fourth-order valence-corrected chi connectivity index (χ4v) is 2.11. The Balaban J connectivity index is 2.71. The van der Waals surface area contributed by atoms with Crippen molar-refractivity contribution >= 4 is 10.1 Å². The molecule has 0 radical (unpaired) electrons. The number of hydrogen-bond donors (Lipinski definition) is 1. The quantitative estimate of drug-likeness (QED) is 0.809. The first-order chi connectivity index (χ1) is 7.50. The maximum Gasteiger partial charge on any atom is 0.331 e. The number of rotatable bonds is 2. The maximum atomic E-state index is 11.1. The highest BCUT2D eigenvalue weighted by Crippen LogP contribution is 2.29. The Kier molecular flexibility index (Phi) is 2.53. The number of aromatic nitrogens is 1. The molecule has 1 heterocycles. The molecule has 0 saturated carbocycles. The van der Waals surface area contributed by atoms with E-state index in [1.54, 1.807) is 37.3 Å². The zero-order valence-corrected chi connectivity index (χ0v) is 9.23. The first-order valence-corrected chi connectivity index (χ1v) is 5.93. The summed E-state index contributed by atoms with van der Waals surface area (Å²) in [5.74, 6) is 0. The molecule has 0 spiro atoms. The van der Waals surface area contributed by atoms with Crippen molar-refractivity contribution in [1.29, 1.82) is 0 Å². The van der Waals surface area contributed by atoms with Crippen LogP contribution in [0.2, 0.25) is 0 Å². The van der Waals surface area contributed by atoms with Gasteiger partial charge >= 0.3 is 10.1 Å². The van der Waals surface area contributed by atoms with E-state index in [2.05, 4.69) is 9.68 Å². The highest BCUT2D eigenvalue weighted by Gasteiger charge is 2.24. The lowest BCUT2D eigenvalue weighted by molar-refractivity contribution is 0.323. The predicted octanol–water partition coefficient (Wildman–Crippen LogP) is 1.90. The minimum absolute atomic E-state index is 0.295. The van der Waals surface area contributed by atoms with Crippen molar-refractivity contribution in [2.75, 3.05) is 0 Å². The van der Waals surface area contributed by atoms with Crippen LogP contribution in [-0.2, 0) is 10.1 Å². The Morgan fingerprint density at radius 3 is 2.44 bits per heavy atom. The summed E-state index contributed by atoms with van der Waals surface area (Å²) in [5.41, 5.74) is 1.34. The molecular formula is C10H9NO4S. The SMILES string of the molecule is Cc1noc(S(=O)(=O)O)c1-c1ccccc1. The molecule has 2 aromatic rings. The lowest BCUT2D eigenvalue weighted by Crippen LogP contribution is -1.98. The zero-order chi connectivity index (χ0) is 11.8. The van der Waals surface area contributed by atoms with Crippen LogP contribution in [0.4, 0.5) is 0 Å². The molecule has 84 valence electrons. The van der Waals surface area contributed by atoms with Gasteiger partial charge in [-0.15, -0.1) is 0 Å². The van der Waals surface area contributed by atoms with E-state index >= 15 is 0 Å². The third-order valence-corrected chi connectivity index (χ3v) is 2.88. The number of hydrogen-bond acceptors (Lipinski definition) is 4. The normalized spacial score (nSPS) is 11.6.